The normalized spacial score (nSPS) is 16.4. The van der Waals surface area contributed by atoms with Gasteiger partial charge in [0.1, 0.15) is 0 Å². The van der Waals surface area contributed by atoms with E-state index in [1.807, 2.05) is 30.3 Å². The van der Waals surface area contributed by atoms with E-state index in [2.05, 4.69) is 5.32 Å². The third-order valence-corrected chi connectivity index (χ3v) is 5.05. The maximum atomic E-state index is 12.6. The Kier molecular flexibility index (Phi) is 6.42. The summed E-state index contributed by atoms with van der Waals surface area (Å²) in [4.78, 5) is 38.0. The molecule has 0 radical (unpaired) electrons. The van der Waals surface area contributed by atoms with E-state index in [1.54, 1.807) is 29.2 Å². The zero-order chi connectivity index (χ0) is 19.9. The van der Waals surface area contributed by atoms with Crippen LogP contribution in [0.15, 0.2) is 54.6 Å². The van der Waals surface area contributed by atoms with Crippen molar-refractivity contribution < 1.29 is 14.4 Å². The SMILES string of the molecule is NC(=O)c1ccc(CNC(=O)C2CCCN(C(=O)Cc3ccccc3)C2)cc1. The highest BCUT2D eigenvalue weighted by molar-refractivity contribution is 5.92. The van der Waals surface area contributed by atoms with Gasteiger partial charge in [0.05, 0.1) is 12.3 Å². The van der Waals surface area contributed by atoms with Crippen molar-refractivity contribution in [3.63, 3.8) is 0 Å². The molecule has 28 heavy (non-hydrogen) atoms. The van der Waals surface area contributed by atoms with E-state index >= 15 is 0 Å². The molecule has 1 atom stereocenters. The van der Waals surface area contributed by atoms with Gasteiger partial charge in [-0.3, -0.25) is 14.4 Å². The van der Waals surface area contributed by atoms with Crippen molar-refractivity contribution in [1.29, 1.82) is 0 Å². The molecule has 0 aliphatic carbocycles. The fraction of sp³-hybridized carbons (Fsp3) is 0.318. The lowest BCUT2D eigenvalue weighted by Gasteiger charge is -2.32. The minimum absolute atomic E-state index is 0.0452. The lowest BCUT2D eigenvalue weighted by molar-refractivity contribution is -0.135. The zero-order valence-electron chi connectivity index (χ0n) is 15.8. The third kappa shape index (κ3) is 5.19. The number of likely N-dealkylation sites (tertiary alicyclic amines) is 1. The molecule has 0 saturated carbocycles. The Bertz CT molecular complexity index is 834. The van der Waals surface area contributed by atoms with Crippen molar-refractivity contribution >= 4 is 17.7 Å². The van der Waals surface area contributed by atoms with Crippen LogP contribution in [0.3, 0.4) is 0 Å². The largest absolute Gasteiger partial charge is 0.366 e. The molecule has 0 bridgehead atoms. The predicted molar refractivity (Wildman–Crippen MR) is 106 cm³/mol. The van der Waals surface area contributed by atoms with Crippen LogP contribution in [0, 0.1) is 5.92 Å². The summed E-state index contributed by atoms with van der Waals surface area (Å²) in [5, 5.41) is 2.93. The lowest BCUT2D eigenvalue weighted by atomic mass is 9.96. The van der Waals surface area contributed by atoms with Crippen molar-refractivity contribution in [3.05, 3.63) is 71.3 Å². The molecule has 2 aromatic rings. The van der Waals surface area contributed by atoms with Crippen LogP contribution in [0.2, 0.25) is 0 Å². The quantitative estimate of drug-likeness (QED) is 0.803. The molecule has 3 N–H and O–H groups in total. The monoisotopic (exact) mass is 379 g/mol. The highest BCUT2D eigenvalue weighted by Crippen LogP contribution is 2.18. The van der Waals surface area contributed by atoms with E-state index in [0.29, 0.717) is 31.6 Å². The molecule has 1 heterocycles. The van der Waals surface area contributed by atoms with Gasteiger partial charge < -0.3 is 16.0 Å². The van der Waals surface area contributed by atoms with Crippen molar-refractivity contribution in [2.45, 2.75) is 25.8 Å². The predicted octanol–water partition coefficient (Wildman–Crippen LogP) is 1.88. The average Bonchev–Trinajstić information content (AvgIpc) is 2.73. The number of nitrogens with one attached hydrogen (secondary N) is 1. The minimum Gasteiger partial charge on any atom is -0.366 e. The van der Waals surface area contributed by atoms with Gasteiger partial charge in [0.25, 0.3) is 0 Å². The standard InChI is InChI=1S/C22H25N3O3/c23-21(27)18-10-8-17(9-11-18)14-24-22(28)19-7-4-12-25(15-19)20(26)13-16-5-2-1-3-6-16/h1-3,5-6,8-11,19H,4,7,12-15H2,(H2,23,27)(H,24,28). The molecule has 1 aliphatic heterocycles. The van der Waals surface area contributed by atoms with Gasteiger partial charge in [-0.1, -0.05) is 42.5 Å². The maximum Gasteiger partial charge on any atom is 0.248 e. The molecule has 0 aromatic heterocycles. The Balaban J connectivity index is 1.51. The van der Waals surface area contributed by atoms with E-state index in [9.17, 15) is 14.4 Å². The van der Waals surface area contributed by atoms with Crippen molar-refractivity contribution in [2.75, 3.05) is 13.1 Å². The number of hydrogen-bond donors (Lipinski definition) is 2. The summed E-state index contributed by atoms with van der Waals surface area (Å²) in [6.07, 6.45) is 1.97. The van der Waals surface area contributed by atoms with Gasteiger partial charge in [-0.05, 0) is 36.1 Å². The van der Waals surface area contributed by atoms with Gasteiger partial charge in [-0.2, -0.15) is 0 Å². The van der Waals surface area contributed by atoms with Crippen LogP contribution in [-0.4, -0.2) is 35.7 Å². The van der Waals surface area contributed by atoms with Gasteiger partial charge in [-0.15, -0.1) is 0 Å². The number of piperidine rings is 1. The highest BCUT2D eigenvalue weighted by Gasteiger charge is 2.28. The van der Waals surface area contributed by atoms with Gasteiger partial charge in [0, 0.05) is 25.2 Å². The summed E-state index contributed by atoms with van der Waals surface area (Å²) in [6.45, 7) is 1.54. The smallest absolute Gasteiger partial charge is 0.248 e. The lowest BCUT2D eigenvalue weighted by Crippen LogP contribution is -2.45. The van der Waals surface area contributed by atoms with Gasteiger partial charge in [-0.25, -0.2) is 0 Å². The second kappa shape index (κ2) is 9.17. The summed E-state index contributed by atoms with van der Waals surface area (Å²) in [5.74, 6) is -0.654. The number of nitrogens with zero attached hydrogens (tertiary/aromatic N) is 1. The number of hydrogen-bond acceptors (Lipinski definition) is 3. The molecule has 146 valence electrons. The number of benzene rings is 2. The summed E-state index contributed by atoms with van der Waals surface area (Å²) >= 11 is 0. The Morgan fingerprint density at radius 1 is 1.00 bits per heavy atom. The fourth-order valence-electron chi connectivity index (χ4n) is 3.42. The molecule has 1 aliphatic rings. The van der Waals surface area contributed by atoms with Crippen LogP contribution < -0.4 is 11.1 Å². The van der Waals surface area contributed by atoms with Crippen LogP contribution in [0.1, 0.15) is 34.3 Å². The first kappa shape index (κ1) is 19.6. The van der Waals surface area contributed by atoms with Gasteiger partial charge in [0.2, 0.25) is 17.7 Å². The number of nitrogens with two attached hydrogens (primary N) is 1. The second-order valence-corrected chi connectivity index (χ2v) is 7.12. The summed E-state index contributed by atoms with van der Waals surface area (Å²) in [7, 11) is 0. The number of amides is 3. The molecule has 6 heteroatoms. The molecular formula is C22H25N3O3. The number of carbonyl (C=O) groups excluding carboxylic acids is 3. The zero-order valence-corrected chi connectivity index (χ0v) is 15.8. The Morgan fingerprint density at radius 2 is 1.71 bits per heavy atom. The van der Waals surface area contributed by atoms with E-state index in [-0.39, 0.29) is 17.7 Å². The maximum absolute atomic E-state index is 12.6. The van der Waals surface area contributed by atoms with Crippen LogP contribution in [0.4, 0.5) is 0 Å². The number of carbonyl (C=O) groups is 3. The third-order valence-electron chi connectivity index (χ3n) is 5.05. The van der Waals surface area contributed by atoms with Crippen LogP contribution in [0.5, 0.6) is 0 Å². The first-order chi connectivity index (χ1) is 13.5. The number of rotatable bonds is 6. The van der Waals surface area contributed by atoms with E-state index < -0.39 is 5.91 Å². The minimum atomic E-state index is -0.474. The number of primary amides is 1. The summed E-state index contributed by atoms with van der Waals surface area (Å²) < 4.78 is 0. The molecule has 3 amide bonds. The molecule has 1 saturated heterocycles. The molecule has 0 spiro atoms. The van der Waals surface area contributed by atoms with Crippen molar-refractivity contribution in [1.82, 2.24) is 10.2 Å². The summed E-state index contributed by atoms with van der Waals surface area (Å²) in [6, 6.07) is 16.5. The Morgan fingerprint density at radius 3 is 2.39 bits per heavy atom. The highest BCUT2D eigenvalue weighted by atomic mass is 16.2. The fourth-order valence-corrected chi connectivity index (χ4v) is 3.42. The van der Waals surface area contributed by atoms with E-state index in [4.69, 9.17) is 5.73 Å². The topological polar surface area (TPSA) is 92.5 Å². The van der Waals surface area contributed by atoms with Crippen LogP contribution in [0.25, 0.3) is 0 Å². The molecule has 3 rings (SSSR count). The molecule has 6 nitrogen and oxygen atoms in total. The molecular weight excluding hydrogens is 354 g/mol. The Hall–Kier alpha value is -3.15. The first-order valence-corrected chi connectivity index (χ1v) is 9.51. The molecule has 1 fully saturated rings. The molecule has 1 unspecified atom stereocenters. The van der Waals surface area contributed by atoms with Crippen LogP contribution >= 0.6 is 0 Å². The van der Waals surface area contributed by atoms with E-state index in [1.165, 1.54) is 0 Å². The molecule has 2 aromatic carbocycles. The van der Waals surface area contributed by atoms with Crippen molar-refractivity contribution in [2.24, 2.45) is 11.7 Å². The van der Waals surface area contributed by atoms with Gasteiger partial charge in [0.15, 0.2) is 0 Å². The Labute approximate surface area is 164 Å². The summed E-state index contributed by atoms with van der Waals surface area (Å²) in [5.41, 5.74) is 7.55. The second-order valence-electron chi connectivity index (χ2n) is 7.12. The van der Waals surface area contributed by atoms with Gasteiger partial charge >= 0.3 is 0 Å². The van der Waals surface area contributed by atoms with Crippen LogP contribution in [-0.2, 0) is 22.6 Å². The first-order valence-electron chi connectivity index (χ1n) is 9.51. The van der Waals surface area contributed by atoms with E-state index in [0.717, 1.165) is 24.0 Å². The average molecular weight is 379 g/mol. The van der Waals surface area contributed by atoms with Crippen molar-refractivity contribution in [3.8, 4) is 0 Å².